The van der Waals surface area contributed by atoms with Gasteiger partial charge in [-0.2, -0.15) is 13.2 Å². The minimum Gasteiger partial charge on any atom is -0.478 e. The van der Waals surface area contributed by atoms with Gasteiger partial charge in [0.1, 0.15) is 0 Å². The minimum absolute atomic E-state index is 0.0185. The fourth-order valence-electron chi connectivity index (χ4n) is 1.84. The third-order valence-electron chi connectivity index (χ3n) is 2.72. The highest BCUT2D eigenvalue weighted by Gasteiger charge is 2.39. The maximum atomic E-state index is 13.2. The first-order valence-corrected chi connectivity index (χ1v) is 6.70. The molecule has 0 saturated carbocycles. The van der Waals surface area contributed by atoms with Crippen LogP contribution < -0.4 is 0 Å². The zero-order valence-corrected chi connectivity index (χ0v) is 12.6. The zero-order valence-electron chi connectivity index (χ0n) is 10.4. The Balaban J connectivity index is 2.82. The molecule has 1 aromatic carbocycles. The highest BCUT2D eigenvalue weighted by atomic mass is 35.5. The summed E-state index contributed by atoms with van der Waals surface area (Å²) in [5.74, 6) is -1.72. The van der Waals surface area contributed by atoms with Gasteiger partial charge in [-0.25, -0.2) is 4.79 Å². The first-order chi connectivity index (χ1) is 10.1. The molecule has 0 amide bonds. The van der Waals surface area contributed by atoms with Gasteiger partial charge in [-0.1, -0.05) is 34.8 Å². The Bertz CT molecular complexity index is 740. The maximum Gasteiger partial charge on any atom is 0.419 e. The van der Waals surface area contributed by atoms with Crippen molar-refractivity contribution >= 4 is 40.8 Å². The molecule has 0 bridgehead atoms. The van der Waals surface area contributed by atoms with E-state index in [-0.39, 0.29) is 20.6 Å². The average molecular weight is 371 g/mol. The van der Waals surface area contributed by atoms with Crippen LogP contribution in [0, 0.1) is 0 Å². The number of halogens is 6. The van der Waals surface area contributed by atoms with Gasteiger partial charge in [-0.3, -0.25) is 4.98 Å². The second-order valence-corrected chi connectivity index (χ2v) is 5.33. The summed E-state index contributed by atoms with van der Waals surface area (Å²) in [4.78, 5) is 14.7. The highest BCUT2D eigenvalue weighted by Crippen LogP contribution is 2.41. The molecule has 22 heavy (non-hydrogen) atoms. The van der Waals surface area contributed by atoms with Crippen LogP contribution in [0.2, 0.25) is 15.1 Å². The number of carboxylic acids is 1. The number of alkyl halides is 3. The molecule has 2 rings (SSSR count). The van der Waals surface area contributed by atoms with Gasteiger partial charge in [-0.15, -0.1) is 0 Å². The van der Waals surface area contributed by atoms with Crippen molar-refractivity contribution in [3.05, 3.63) is 50.6 Å². The summed E-state index contributed by atoms with van der Waals surface area (Å²) in [6.07, 6.45) is -3.96. The summed E-state index contributed by atoms with van der Waals surface area (Å²) in [5, 5.41) is 8.79. The van der Waals surface area contributed by atoms with Crippen molar-refractivity contribution in [1.29, 1.82) is 0 Å². The van der Waals surface area contributed by atoms with E-state index >= 15 is 0 Å². The van der Waals surface area contributed by atoms with Crippen LogP contribution in [0.3, 0.4) is 0 Å². The van der Waals surface area contributed by atoms with Crippen LogP contribution in [0.1, 0.15) is 15.9 Å². The van der Waals surface area contributed by atoms with Crippen LogP contribution in [0.5, 0.6) is 0 Å². The quantitative estimate of drug-likeness (QED) is 0.718. The molecule has 0 aliphatic rings. The number of carboxylic acid groups (broad SMARTS) is 1. The first-order valence-electron chi connectivity index (χ1n) is 5.57. The molecule has 9 heteroatoms. The van der Waals surface area contributed by atoms with Crippen molar-refractivity contribution in [2.75, 3.05) is 0 Å². The Kier molecular flexibility index (Phi) is 4.56. The third kappa shape index (κ3) is 3.14. The van der Waals surface area contributed by atoms with Gasteiger partial charge < -0.3 is 5.11 Å². The van der Waals surface area contributed by atoms with Crippen LogP contribution in [-0.4, -0.2) is 16.1 Å². The third-order valence-corrected chi connectivity index (χ3v) is 3.92. The molecule has 0 unspecified atom stereocenters. The molecule has 2 aromatic rings. The van der Waals surface area contributed by atoms with Gasteiger partial charge in [0.15, 0.2) is 0 Å². The van der Waals surface area contributed by atoms with E-state index in [0.717, 1.165) is 24.4 Å². The van der Waals surface area contributed by atoms with Crippen LogP contribution in [-0.2, 0) is 6.18 Å². The number of carbonyl (C=O) groups is 1. The number of aromatic carboxylic acids is 1. The monoisotopic (exact) mass is 369 g/mol. The van der Waals surface area contributed by atoms with Crippen LogP contribution in [0.25, 0.3) is 11.3 Å². The van der Waals surface area contributed by atoms with Crippen molar-refractivity contribution in [3.8, 4) is 11.3 Å². The summed E-state index contributed by atoms with van der Waals surface area (Å²) < 4.78 is 39.7. The summed E-state index contributed by atoms with van der Waals surface area (Å²) in [6, 6.07) is 3.05. The molecule has 1 heterocycles. The average Bonchev–Trinajstić information content (AvgIpc) is 2.42. The molecule has 0 aliphatic carbocycles. The smallest absolute Gasteiger partial charge is 0.419 e. The van der Waals surface area contributed by atoms with Crippen molar-refractivity contribution in [2.24, 2.45) is 0 Å². The number of pyridine rings is 1. The van der Waals surface area contributed by atoms with Crippen LogP contribution in [0.15, 0.2) is 24.4 Å². The van der Waals surface area contributed by atoms with E-state index in [1.807, 2.05) is 0 Å². The molecule has 0 radical (unpaired) electrons. The standard InChI is InChI=1S/C13H5Cl3F3NO2/c14-7-3-5(4-8(15)10(7)16)11-9(13(17,18)19)6(12(21)22)1-2-20-11/h1-4H,(H,21,22). The highest BCUT2D eigenvalue weighted by molar-refractivity contribution is 6.48. The Morgan fingerprint density at radius 1 is 1.14 bits per heavy atom. The van der Waals surface area contributed by atoms with Gasteiger partial charge in [0.05, 0.1) is 31.9 Å². The molecule has 1 aromatic heterocycles. The topological polar surface area (TPSA) is 50.2 Å². The number of benzene rings is 1. The van der Waals surface area contributed by atoms with Crippen molar-refractivity contribution in [2.45, 2.75) is 6.18 Å². The van der Waals surface area contributed by atoms with Gasteiger partial charge in [0.25, 0.3) is 0 Å². The second kappa shape index (κ2) is 5.95. The van der Waals surface area contributed by atoms with Gasteiger partial charge in [-0.05, 0) is 18.2 Å². The van der Waals surface area contributed by atoms with Gasteiger partial charge in [0.2, 0.25) is 0 Å². The SMILES string of the molecule is O=C(O)c1ccnc(-c2cc(Cl)c(Cl)c(Cl)c2)c1C(F)(F)F. The molecule has 0 saturated heterocycles. The predicted molar refractivity (Wildman–Crippen MR) is 76.7 cm³/mol. The van der Waals surface area contributed by atoms with E-state index in [1.165, 1.54) is 0 Å². The van der Waals surface area contributed by atoms with E-state index in [1.54, 1.807) is 0 Å². The number of aromatic nitrogens is 1. The van der Waals surface area contributed by atoms with E-state index in [4.69, 9.17) is 39.9 Å². The largest absolute Gasteiger partial charge is 0.478 e. The Labute approximate surface area is 137 Å². The van der Waals surface area contributed by atoms with Gasteiger partial charge in [0, 0.05) is 11.8 Å². The zero-order chi connectivity index (χ0) is 16.7. The number of hydrogen-bond donors (Lipinski definition) is 1. The van der Waals surface area contributed by atoms with E-state index < -0.39 is 29.0 Å². The van der Waals surface area contributed by atoms with Crippen molar-refractivity contribution in [3.63, 3.8) is 0 Å². The number of rotatable bonds is 2. The first kappa shape index (κ1) is 16.9. The van der Waals surface area contributed by atoms with E-state index in [9.17, 15) is 18.0 Å². The van der Waals surface area contributed by atoms with Gasteiger partial charge >= 0.3 is 12.1 Å². The minimum atomic E-state index is -4.92. The lowest BCUT2D eigenvalue weighted by atomic mass is 10.0. The van der Waals surface area contributed by atoms with E-state index in [2.05, 4.69) is 4.98 Å². The van der Waals surface area contributed by atoms with Crippen molar-refractivity contribution in [1.82, 2.24) is 4.98 Å². The Hall–Kier alpha value is -1.50. The Morgan fingerprint density at radius 2 is 1.68 bits per heavy atom. The fourth-order valence-corrected chi connectivity index (χ4v) is 2.43. The molecular formula is C13H5Cl3F3NO2. The molecular weight excluding hydrogens is 366 g/mol. The summed E-state index contributed by atoms with van der Waals surface area (Å²) in [5.41, 5.74) is -2.97. The lowest BCUT2D eigenvalue weighted by Gasteiger charge is -2.15. The molecule has 0 atom stereocenters. The summed E-state index contributed by atoms with van der Waals surface area (Å²) in [6.45, 7) is 0. The molecule has 116 valence electrons. The van der Waals surface area contributed by atoms with Crippen LogP contribution in [0.4, 0.5) is 13.2 Å². The van der Waals surface area contributed by atoms with Crippen molar-refractivity contribution < 1.29 is 23.1 Å². The lowest BCUT2D eigenvalue weighted by Crippen LogP contribution is -2.15. The van der Waals surface area contributed by atoms with E-state index in [0.29, 0.717) is 0 Å². The molecule has 3 nitrogen and oxygen atoms in total. The fraction of sp³-hybridized carbons (Fsp3) is 0.0769. The molecule has 1 N–H and O–H groups in total. The Morgan fingerprint density at radius 3 is 2.14 bits per heavy atom. The summed E-state index contributed by atoms with van der Waals surface area (Å²) in [7, 11) is 0. The predicted octanol–water partition coefficient (Wildman–Crippen LogP) is 5.43. The van der Waals surface area contributed by atoms with Crippen LogP contribution >= 0.6 is 34.8 Å². The maximum absolute atomic E-state index is 13.2. The summed E-state index contributed by atoms with van der Waals surface area (Å²) >= 11 is 17.3. The molecule has 0 fully saturated rings. The lowest BCUT2D eigenvalue weighted by molar-refractivity contribution is -0.137. The second-order valence-electron chi connectivity index (χ2n) is 4.14. The number of nitrogens with zero attached hydrogens (tertiary/aromatic N) is 1. The number of hydrogen-bond acceptors (Lipinski definition) is 2. The normalized spacial score (nSPS) is 11.5. The molecule has 0 spiro atoms. The molecule has 0 aliphatic heterocycles.